The molecule has 0 radical (unpaired) electrons. The molecule has 0 aliphatic heterocycles. The minimum Gasteiger partial charge on any atom is -0.462 e. The van der Waals surface area contributed by atoms with Crippen molar-refractivity contribution < 1.29 is 28.6 Å². The van der Waals surface area contributed by atoms with Gasteiger partial charge in [0.25, 0.3) is 0 Å². The van der Waals surface area contributed by atoms with Crippen LogP contribution in [0.25, 0.3) is 0 Å². The first kappa shape index (κ1) is 47.4. The van der Waals surface area contributed by atoms with Gasteiger partial charge < -0.3 is 14.2 Å². The van der Waals surface area contributed by atoms with E-state index in [0.29, 0.717) is 19.3 Å². The number of ether oxygens (including phenoxy) is 3. The van der Waals surface area contributed by atoms with E-state index in [0.717, 1.165) is 63.7 Å². The second kappa shape index (κ2) is 37.7. The predicted octanol–water partition coefficient (Wildman–Crippen LogP) is 13.2. The van der Waals surface area contributed by atoms with Crippen molar-refractivity contribution >= 4 is 17.9 Å². The predicted molar refractivity (Wildman–Crippen MR) is 206 cm³/mol. The molecule has 0 aromatic heterocycles. The monoisotopic (exact) mass is 695 g/mol. The Morgan fingerprint density at radius 3 is 1.00 bits per heavy atom. The Morgan fingerprint density at radius 1 is 0.388 bits per heavy atom. The van der Waals surface area contributed by atoms with Gasteiger partial charge in [0, 0.05) is 19.3 Å². The minimum atomic E-state index is -0.757. The Balaban J connectivity index is 4.34. The van der Waals surface area contributed by atoms with Crippen molar-refractivity contribution in [1.29, 1.82) is 0 Å². The molecule has 0 aliphatic carbocycles. The van der Waals surface area contributed by atoms with E-state index in [1.165, 1.54) is 128 Å². The minimum absolute atomic E-state index is 0.0647. The average Bonchev–Trinajstić information content (AvgIpc) is 3.08. The summed E-state index contributed by atoms with van der Waals surface area (Å²) in [6.07, 6.45) is 35.2. The Labute approximate surface area is 304 Å². The normalized spacial score (nSPS) is 11.9. The maximum absolute atomic E-state index is 12.6. The van der Waals surface area contributed by atoms with Crippen LogP contribution in [-0.2, 0) is 28.6 Å². The summed E-state index contributed by atoms with van der Waals surface area (Å²) in [5, 5.41) is 0. The van der Waals surface area contributed by atoms with Crippen LogP contribution in [0.15, 0.2) is 0 Å². The second-order valence-corrected chi connectivity index (χ2v) is 15.1. The summed E-state index contributed by atoms with van der Waals surface area (Å²) in [6, 6.07) is 0. The van der Waals surface area contributed by atoms with Crippen LogP contribution in [-0.4, -0.2) is 37.2 Å². The zero-order valence-electron chi connectivity index (χ0n) is 33.1. The Kier molecular flexibility index (Phi) is 36.4. The molecule has 0 spiro atoms. The van der Waals surface area contributed by atoms with Gasteiger partial charge in [-0.3, -0.25) is 14.4 Å². The highest BCUT2D eigenvalue weighted by molar-refractivity contribution is 5.71. The summed E-state index contributed by atoms with van der Waals surface area (Å²) >= 11 is 0. The lowest BCUT2D eigenvalue weighted by molar-refractivity contribution is -0.167. The van der Waals surface area contributed by atoms with Crippen LogP contribution in [0.5, 0.6) is 0 Å². The van der Waals surface area contributed by atoms with E-state index in [9.17, 15) is 14.4 Å². The number of unbranched alkanes of at least 4 members (excludes halogenated alkanes) is 25. The summed E-state index contributed by atoms with van der Waals surface area (Å²) in [5.41, 5.74) is 0. The SMILES string of the molecule is CCCCCCCCCCCCC(=O)OC[C@H](COC(=O)CCCCCCCCCCC(C)C)OC(=O)CCCCCCCCCCCC. The smallest absolute Gasteiger partial charge is 0.306 e. The molecule has 0 N–H and O–H groups in total. The fourth-order valence-corrected chi connectivity index (χ4v) is 6.27. The number of carbonyl (C=O) groups excluding carboxylic acids is 3. The van der Waals surface area contributed by atoms with Gasteiger partial charge in [0.1, 0.15) is 13.2 Å². The first-order valence-corrected chi connectivity index (χ1v) is 21.4. The summed E-state index contributed by atoms with van der Waals surface area (Å²) in [7, 11) is 0. The molecule has 0 aliphatic rings. The highest BCUT2D eigenvalue weighted by Gasteiger charge is 2.19. The van der Waals surface area contributed by atoms with Crippen molar-refractivity contribution in [3.63, 3.8) is 0 Å². The standard InChI is InChI=1S/C43H82O6/c1-5-7-9-11-13-15-17-22-26-30-34-41(44)47-37-40(49-43(46)36-32-28-24-18-16-14-12-10-8-6-2)38-48-42(45)35-31-27-23-20-19-21-25-29-33-39(3)4/h39-40H,5-38H2,1-4H3/t40-/m1/s1. The zero-order valence-corrected chi connectivity index (χ0v) is 33.1. The van der Waals surface area contributed by atoms with Gasteiger partial charge in [0.15, 0.2) is 6.10 Å². The molecule has 0 saturated carbocycles. The molecule has 0 heterocycles. The topological polar surface area (TPSA) is 78.9 Å². The summed E-state index contributed by atoms with van der Waals surface area (Å²) in [6.45, 7) is 8.93. The molecular weight excluding hydrogens is 612 g/mol. The Hall–Kier alpha value is -1.59. The Bertz CT molecular complexity index is 736. The lowest BCUT2D eigenvalue weighted by Gasteiger charge is -2.18. The zero-order chi connectivity index (χ0) is 36.0. The van der Waals surface area contributed by atoms with E-state index in [-0.39, 0.29) is 31.1 Å². The molecule has 0 bridgehead atoms. The van der Waals surface area contributed by atoms with Crippen molar-refractivity contribution in [3.05, 3.63) is 0 Å². The highest BCUT2D eigenvalue weighted by Crippen LogP contribution is 2.15. The van der Waals surface area contributed by atoms with E-state index in [1.54, 1.807) is 0 Å². The van der Waals surface area contributed by atoms with Gasteiger partial charge in [0.2, 0.25) is 0 Å². The summed E-state index contributed by atoms with van der Waals surface area (Å²) in [4.78, 5) is 37.5. The number of hydrogen-bond acceptors (Lipinski definition) is 6. The molecule has 0 amide bonds. The first-order chi connectivity index (χ1) is 23.9. The van der Waals surface area contributed by atoms with Crippen LogP contribution in [0.3, 0.4) is 0 Å². The molecule has 1 atom stereocenters. The van der Waals surface area contributed by atoms with E-state index in [1.807, 2.05) is 0 Å². The van der Waals surface area contributed by atoms with E-state index < -0.39 is 6.10 Å². The van der Waals surface area contributed by atoms with E-state index in [4.69, 9.17) is 14.2 Å². The van der Waals surface area contributed by atoms with Crippen molar-refractivity contribution in [1.82, 2.24) is 0 Å². The van der Waals surface area contributed by atoms with E-state index in [2.05, 4.69) is 27.7 Å². The highest BCUT2D eigenvalue weighted by atomic mass is 16.6. The maximum atomic E-state index is 12.6. The average molecular weight is 695 g/mol. The Morgan fingerprint density at radius 2 is 0.673 bits per heavy atom. The number of carbonyl (C=O) groups is 3. The lowest BCUT2D eigenvalue weighted by atomic mass is 10.0. The largest absolute Gasteiger partial charge is 0.462 e. The van der Waals surface area contributed by atoms with Crippen molar-refractivity contribution in [2.45, 2.75) is 239 Å². The molecule has 0 fully saturated rings. The van der Waals surface area contributed by atoms with Gasteiger partial charge in [-0.05, 0) is 25.2 Å². The van der Waals surface area contributed by atoms with Crippen LogP contribution in [0.4, 0.5) is 0 Å². The molecule has 6 nitrogen and oxygen atoms in total. The molecule has 0 aromatic rings. The third kappa shape index (κ3) is 37.5. The molecule has 290 valence electrons. The second-order valence-electron chi connectivity index (χ2n) is 15.1. The summed E-state index contributed by atoms with van der Waals surface area (Å²) < 4.78 is 16.6. The van der Waals surface area contributed by atoms with Crippen molar-refractivity contribution in [3.8, 4) is 0 Å². The van der Waals surface area contributed by atoms with Crippen LogP contribution >= 0.6 is 0 Å². The third-order valence-electron chi connectivity index (χ3n) is 9.54. The molecule has 0 unspecified atom stereocenters. The van der Waals surface area contributed by atoms with Crippen molar-refractivity contribution in [2.75, 3.05) is 13.2 Å². The van der Waals surface area contributed by atoms with Gasteiger partial charge in [-0.25, -0.2) is 0 Å². The third-order valence-corrected chi connectivity index (χ3v) is 9.54. The number of rotatable bonds is 38. The molecule has 6 heteroatoms. The van der Waals surface area contributed by atoms with Crippen LogP contribution in [0, 0.1) is 5.92 Å². The van der Waals surface area contributed by atoms with Crippen LogP contribution in [0.2, 0.25) is 0 Å². The van der Waals surface area contributed by atoms with Gasteiger partial charge in [-0.15, -0.1) is 0 Å². The van der Waals surface area contributed by atoms with Crippen LogP contribution in [0.1, 0.15) is 233 Å². The first-order valence-electron chi connectivity index (χ1n) is 21.4. The quantitative estimate of drug-likeness (QED) is 0.0364. The fourth-order valence-electron chi connectivity index (χ4n) is 6.27. The van der Waals surface area contributed by atoms with Gasteiger partial charge in [-0.2, -0.15) is 0 Å². The van der Waals surface area contributed by atoms with Gasteiger partial charge in [-0.1, -0.05) is 195 Å². The van der Waals surface area contributed by atoms with Crippen molar-refractivity contribution in [2.24, 2.45) is 5.92 Å². The molecule has 0 aromatic carbocycles. The maximum Gasteiger partial charge on any atom is 0.306 e. The number of hydrogen-bond donors (Lipinski definition) is 0. The van der Waals surface area contributed by atoms with Crippen LogP contribution < -0.4 is 0 Å². The van der Waals surface area contributed by atoms with E-state index >= 15 is 0 Å². The summed E-state index contributed by atoms with van der Waals surface area (Å²) in [5.74, 6) is -0.0658. The molecule has 0 rings (SSSR count). The number of esters is 3. The fraction of sp³-hybridized carbons (Fsp3) is 0.930. The van der Waals surface area contributed by atoms with Gasteiger partial charge in [0.05, 0.1) is 0 Å². The lowest BCUT2D eigenvalue weighted by Crippen LogP contribution is -2.30. The molecule has 0 saturated heterocycles. The molecule has 49 heavy (non-hydrogen) atoms. The van der Waals surface area contributed by atoms with Gasteiger partial charge >= 0.3 is 17.9 Å². The molecular formula is C43H82O6.